The van der Waals surface area contributed by atoms with E-state index < -0.39 is 12.5 Å². The summed E-state index contributed by atoms with van der Waals surface area (Å²) >= 11 is 7.26. The van der Waals surface area contributed by atoms with Crippen LogP contribution in [0.15, 0.2) is 65.0 Å². The van der Waals surface area contributed by atoms with E-state index in [0.717, 1.165) is 5.56 Å². The summed E-state index contributed by atoms with van der Waals surface area (Å²) in [4.78, 5) is 30.4. The number of amides is 1. The third kappa shape index (κ3) is 4.57. The van der Waals surface area contributed by atoms with Crippen LogP contribution < -0.4 is 15.6 Å². The number of nitrogens with zero attached hydrogens (tertiary/aromatic N) is 2. The molecule has 1 N–H and O–H groups in total. The van der Waals surface area contributed by atoms with Crippen molar-refractivity contribution in [1.29, 1.82) is 0 Å². The molecule has 2 aromatic heterocycles. The number of fused-ring (bicyclic) bond motifs is 1. The highest BCUT2D eigenvalue weighted by atomic mass is 35.5. The highest BCUT2D eigenvalue weighted by Crippen LogP contribution is 2.31. The SMILES string of the molecule is O=C(Cn1cnc2scc(-c3ccc(Cl)cc3)c2c1=O)Nc1ccccc1OC(F)F. The third-order valence-corrected chi connectivity index (χ3v) is 5.55. The number of thiophene rings is 1. The Kier molecular flexibility index (Phi) is 5.97. The Bertz CT molecular complexity index is 1310. The quantitative estimate of drug-likeness (QED) is 0.437. The van der Waals surface area contributed by atoms with Crippen LogP contribution in [0, 0.1) is 0 Å². The van der Waals surface area contributed by atoms with E-state index in [1.807, 2.05) is 5.38 Å². The first-order valence-electron chi connectivity index (χ1n) is 8.98. The van der Waals surface area contributed by atoms with Gasteiger partial charge in [-0.3, -0.25) is 14.2 Å². The van der Waals surface area contributed by atoms with E-state index in [0.29, 0.717) is 20.8 Å². The van der Waals surface area contributed by atoms with Crippen molar-refractivity contribution in [1.82, 2.24) is 9.55 Å². The summed E-state index contributed by atoms with van der Waals surface area (Å²) < 4.78 is 30.7. The number of aromatic nitrogens is 2. The number of carbonyl (C=O) groups excluding carboxylic acids is 1. The molecule has 4 aromatic rings. The topological polar surface area (TPSA) is 73.2 Å². The molecule has 0 fully saturated rings. The predicted molar refractivity (Wildman–Crippen MR) is 116 cm³/mol. The lowest BCUT2D eigenvalue weighted by atomic mass is 10.1. The molecule has 2 aromatic carbocycles. The lowest BCUT2D eigenvalue weighted by Gasteiger charge is -2.12. The first kappa shape index (κ1) is 21.0. The molecule has 4 rings (SSSR count). The Hall–Kier alpha value is -3.30. The molecule has 10 heteroatoms. The Morgan fingerprint density at radius 1 is 1.19 bits per heavy atom. The number of ether oxygens (including phenoxy) is 1. The number of hydrogen-bond donors (Lipinski definition) is 1. The summed E-state index contributed by atoms with van der Waals surface area (Å²) in [5.41, 5.74) is 1.19. The van der Waals surface area contributed by atoms with Crippen molar-refractivity contribution < 1.29 is 18.3 Å². The summed E-state index contributed by atoms with van der Waals surface area (Å²) in [6, 6.07) is 12.9. The number of hydrogen-bond acceptors (Lipinski definition) is 5. The van der Waals surface area contributed by atoms with Crippen LogP contribution in [-0.2, 0) is 11.3 Å². The number of nitrogens with one attached hydrogen (secondary N) is 1. The van der Waals surface area contributed by atoms with Gasteiger partial charge in [-0.15, -0.1) is 11.3 Å². The molecule has 0 saturated heterocycles. The Morgan fingerprint density at radius 2 is 1.94 bits per heavy atom. The second kappa shape index (κ2) is 8.83. The molecule has 0 radical (unpaired) electrons. The summed E-state index contributed by atoms with van der Waals surface area (Å²) in [5.74, 6) is -0.758. The molecule has 0 aliphatic heterocycles. The fourth-order valence-corrected chi connectivity index (χ4v) is 4.07. The van der Waals surface area contributed by atoms with Crippen LogP contribution in [0.2, 0.25) is 5.02 Å². The lowest BCUT2D eigenvalue weighted by Crippen LogP contribution is -2.28. The van der Waals surface area contributed by atoms with Gasteiger partial charge in [-0.05, 0) is 29.8 Å². The van der Waals surface area contributed by atoms with Crippen LogP contribution in [-0.4, -0.2) is 22.1 Å². The minimum absolute atomic E-state index is 0.0762. The van der Waals surface area contributed by atoms with Gasteiger partial charge in [0.25, 0.3) is 5.56 Å². The van der Waals surface area contributed by atoms with E-state index >= 15 is 0 Å². The summed E-state index contributed by atoms with van der Waals surface area (Å²) in [7, 11) is 0. The van der Waals surface area contributed by atoms with Gasteiger partial charge < -0.3 is 10.1 Å². The van der Waals surface area contributed by atoms with E-state index in [1.165, 1.54) is 40.4 Å². The fraction of sp³-hybridized carbons (Fsp3) is 0.0952. The highest BCUT2D eigenvalue weighted by Gasteiger charge is 2.16. The zero-order chi connectivity index (χ0) is 22.0. The van der Waals surface area contributed by atoms with E-state index in [4.69, 9.17) is 11.6 Å². The number of alkyl halides is 2. The molecule has 0 aliphatic rings. The van der Waals surface area contributed by atoms with Crippen molar-refractivity contribution in [2.75, 3.05) is 5.32 Å². The van der Waals surface area contributed by atoms with Crippen molar-refractivity contribution in [2.24, 2.45) is 0 Å². The van der Waals surface area contributed by atoms with E-state index in [-0.39, 0.29) is 23.5 Å². The maximum absolute atomic E-state index is 13.1. The maximum Gasteiger partial charge on any atom is 0.387 e. The largest absolute Gasteiger partial charge is 0.433 e. The van der Waals surface area contributed by atoms with E-state index in [9.17, 15) is 18.4 Å². The molecular formula is C21H14ClF2N3O3S. The van der Waals surface area contributed by atoms with Gasteiger partial charge >= 0.3 is 6.61 Å². The van der Waals surface area contributed by atoms with E-state index in [2.05, 4.69) is 15.0 Å². The van der Waals surface area contributed by atoms with Gasteiger partial charge in [0.15, 0.2) is 0 Å². The van der Waals surface area contributed by atoms with Crippen molar-refractivity contribution >= 4 is 44.7 Å². The maximum atomic E-state index is 13.1. The third-order valence-electron chi connectivity index (χ3n) is 4.41. The molecule has 158 valence electrons. The zero-order valence-electron chi connectivity index (χ0n) is 15.7. The standard InChI is InChI=1S/C21H14ClF2N3O3S/c22-13-7-5-12(6-8-13)14-10-31-19-18(14)20(29)27(11-25-19)9-17(28)26-15-3-1-2-4-16(15)30-21(23)24/h1-8,10-11,21H,9H2,(H,26,28). The predicted octanol–water partition coefficient (Wildman–Crippen LogP) is 5.02. The number of rotatable bonds is 6. The molecule has 0 spiro atoms. The van der Waals surface area contributed by atoms with Gasteiger partial charge in [0, 0.05) is 16.0 Å². The van der Waals surface area contributed by atoms with Crippen LogP contribution in [0.5, 0.6) is 5.75 Å². The van der Waals surface area contributed by atoms with Gasteiger partial charge in [-0.2, -0.15) is 8.78 Å². The van der Waals surface area contributed by atoms with Gasteiger partial charge in [0.1, 0.15) is 17.1 Å². The van der Waals surface area contributed by atoms with Crippen molar-refractivity contribution in [3.8, 4) is 16.9 Å². The van der Waals surface area contributed by atoms with Crippen molar-refractivity contribution in [3.63, 3.8) is 0 Å². The smallest absolute Gasteiger partial charge is 0.387 e. The second-order valence-electron chi connectivity index (χ2n) is 6.44. The number of para-hydroxylation sites is 2. The lowest BCUT2D eigenvalue weighted by molar-refractivity contribution is -0.116. The normalized spacial score (nSPS) is 11.1. The minimum atomic E-state index is -3.03. The summed E-state index contributed by atoms with van der Waals surface area (Å²) in [6.07, 6.45) is 1.29. The Balaban J connectivity index is 1.62. The zero-order valence-corrected chi connectivity index (χ0v) is 17.3. The average molecular weight is 462 g/mol. The Morgan fingerprint density at radius 3 is 2.68 bits per heavy atom. The first-order chi connectivity index (χ1) is 14.9. The fourth-order valence-electron chi connectivity index (χ4n) is 3.04. The molecule has 0 atom stereocenters. The minimum Gasteiger partial charge on any atom is -0.433 e. The van der Waals surface area contributed by atoms with Crippen LogP contribution in [0.3, 0.4) is 0 Å². The van der Waals surface area contributed by atoms with Crippen LogP contribution in [0.25, 0.3) is 21.3 Å². The number of halogens is 3. The number of carbonyl (C=O) groups is 1. The van der Waals surface area contributed by atoms with Crippen LogP contribution >= 0.6 is 22.9 Å². The second-order valence-corrected chi connectivity index (χ2v) is 7.73. The van der Waals surface area contributed by atoms with Crippen LogP contribution in [0.1, 0.15) is 0 Å². The average Bonchev–Trinajstić information content (AvgIpc) is 3.17. The van der Waals surface area contributed by atoms with Gasteiger partial charge in [-0.1, -0.05) is 35.9 Å². The van der Waals surface area contributed by atoms with Gasteiger partial charge in [-0.25, -0.2) is 4.98 Å². The van der Waals surface area contributed by atoms with Crippen molar-refractivity contribution in [3.05, 3.63) is 75.6 Å². The molecule has 1 amide bonds. The molecule has 2 heterocycles. The first-order valence-corrected chi connectivity index (χ1v) is 10.2. The van der Waals surface area contributed by atoms with Crippen LogP contribution in [0.4, 0.5) is 14.5 Å². The highest BCUT2D eigenvalue weighted by molar-refractivity contribution is 7.17. The van der Waals surface area contributed by atoms with Gasteiger partial charge in [0.2, 0.25) is 5.91 Å². The van der Waals surface area contributed by atoms with Gasteiger partial charge in [0.05, 0.1) is 17.4 Å². The van der Waals surface area contributed by atoms with Crippen molar-refractivity contribution in [2.45, 2.75) is 13.2 Å². The molecule has 31 heavy (non-hydrogen) atoms. The molecular weight excluding hydrogens is 448 g/mol. The molecule has 0 saturated carbocycles. The summed E-state index contributed by atoms with van der Waals surface area (Å²) in [5, 5.41) is 5.28. The molecule has 0 unspecified atom stereocenters. The molecule has 6 nitrogen and oxygen atoms in total. The summed E-state index contributed by atoms with van der Waals surface area (Å²) in [6.45, 7) is -3.38. The Labute approximate surface area is 183 Å². The monoisotopic (exact) mass is 461 g/mol. The number of benzene rings is 2. The molecule has 0 bridgehead atoms. The molecule has 0 aliphatic carbocycles. The number of anilines is 1. The van der Waals surface area contributed by atoms with E-state index in [1.54, 1.807) is 30.3 Å².